The number of nitrogens with zero attached hydrogens (tertiary/aromatic N) is 2. The second-order valence-corrected chi connectivity index (χ2v) is 12.0. The maximum atomic E-state index is 11.2. The summed E-state index contributed by atoms with van der Waals surface area (Å²) in [5.41, 5.74) is 5.47. The van der Waals surface area contributed by atoms with Gasteiger partial charge in [0.15, 0.2) is 8.32 Å². The van der Waals surface area contributed by atoms with E-state index in [1.807, 2.05) is 11.5 Å². The number of amides is 1. The zero-order valence-corrected chi connectivity index (χ0v) is 15.5. The predicted octanol–water partition coefficient (Wildman–Crippen LogP) is 2.32. The van der Waals surface area contributed by atoms with E-state index in [1.165, 1.54) is 0 Å². The second kappa shape index (κ2) is 6.93. The number of carbonyl (C=O) groups is 1. The third-order valence-corrected chi connectivity index (χ3v) is 9.06. The Balaban J connectivity index is 2.96. The molecule has 0 radical (unpaired) electrons. The van der Waals surface area contributed by atoms with Crippen LogP contribution in [0.15, 0.2) is 12.5 Å². The summed E-state index contributed by atoms with van der Waals surface area (Å²) in [6.45, 7) is 13.0. The Kier molecular flexibility index (Phi) is 5.94. The number of hydrogen-bond acceptors (Lipinski definition) is 4. The molecule has 0 fully saturated rings. The molecule has 1 rings (SSSR count). The van der Waals surface area contributed by atoms with E-state index in [4.69, 9.17) is 10.2 Å². The van der Waals surface area contributed by atoms with Crippen molar-refractivity contribution in [1.29, 1.82) is 0 Å². The van der Waals surface area contributed by atoms with Crippen LogP contribution in [0.1, 0.15) is 50.6 Å². The molecule has 0 aliphatic carbocycles. The van der Waals surface area contributed by atoms with Gasteiger partial charge in [-0.1, -0.05) is 20.8 Å². The Morgan fingerprint density at radius 2 is 2.09 bits per heavy atom. The van der Waals surface area contributed by atoms with Gasteiger partial charge in [0.25, 0.3) is 5.91 Å². The SMILES string of the molecule is C[C@H](O[Si](C)(C)C(C)(C)C)[C@@H](CCO)n1cnc(C(N)=O)c1. The van der Waals surface area contributed by atoms with Crippen LogP contribution in [0.25, 0.3) is 0 Å². The minimum atomic E-state index is -1.91. The second-order valence-electron chi connectivity index (χ2n) is 7.23. The number of imidazole rings is 1. The van der Waals surface area contributed by atoms with E-state index in [0.29, 0.717) is 6.42 Å². The van der Waals surface area contributed by atoms with Crippen molar-refractivity contribution in [3.05, 3.63) is 18.2 Å². The Morgan fingerprint density at radius 1 is 1.50 bits per heavy atom. The topological polar surface area (TPSA) is 90.4 Å². The Labute approximate surface area is 133 Å². The average Bonchev–Trinajstić information content (AvgIpc) is 2.83. The van der Waals surface area contributed by atoms with E-state index in [-0.39, 0.29) is 29.5 Å². The minimum Gasteiger partial charge on any atom is -0.412 e. The molecule has 1 amide bonds. The van der Waals surface area contributed by atoms with Gasteiger partial charge in [0.1, 0.15) is 5.69 Å². The average molecular weight is 328 g/mol. The number of aromatic nitrogens is 2. The molecular weight excluding hydrogens is 298 g/mol. The largest absolute Gasteiger partial charge is 0.412 e. The molecule has 7 heteroatoms. The van der Waals surface area contributed by atoms with Gasteiger partial charge in [-0.25, -0.2) is 4.98 Å². The van der Waals surface area contributed by atoms with Crippen LogP contribution in [0.5, 0.6) is 0 Å². The summed E-state index contributed by atoms with van der Waals surface area (Å²) < 4.78 is 8.22. The number of rotatable bonds is 7. The Hall–Kier alpha value is -1.18. The molecule has 0 saturated carbocycles. The van der Waals surface area contributed by atoms with Gasteiger partial charge in [-0.3, -0.25) is 4.79 Å². The number of carbonyl (C=O) groups excluding carboxylic acids is 1. The van der Waals surface area contributed by atoms with Crippen molar-refractivity contribution in [1.82, 2.24) is 9.55 Å². The first kappa shape index (κ1) is 18.9. The minimum absolute atomic E-state index is 0.0416. The molecular formula is C15H29N3O3Si. The fourth-order valence-electron chi connectivity index (χ4n) is 2.12. The highest BCUT2D eigenvalue weighted by Gasteiger charge is 2.39. The maximum absolute atomic E-state index is 11.2. The zero-order valence-electron chi connectivity index (χ0n) is 14.5. The van der Waals surface area contributed by atoms with Crippen molar-refractivity contribution in [3.63, 3.8) is 0 Å². The Bertz CT molecular complexity index is 508. The van der Waals surface area contributed by atoms with Gasteiger partial charge >= 0.3 is 0 Å². The monoisotopic (exact) mass is 327 g/mol. The summed E-state index contributed by atoms with van der Waals surface area (Å²) in [6, 6.07) is -0.0836. The summed E-state index contributed by atoms with van der Waals surface area (Å²) in [4.78, 5) is 15.2. The highest BCUT2D eigenvalue weighted by atomic mass is 28.4. The van der Waals surface area contributed by atoms with Crippen molar-refractivity contribution in [2.24, 2.45) is 5.73 Å². The van der Waals surface area contributed by atoms with Gasteiger partial charge in [-0.2, -0.15) is 0 Å². The van der Waals surface area contributed by atoms with E-state index in [0.717, 1.165) is 0 Å². The molecule has 0 unspecified atom stereocenters. The van der Waals surface area contributed by atoms with Crippen LogP contribution in [-0.2, 0) is 4.43 Å². The molecule has 22 heavy (non-hydrogen) atoms. The van der Waals surface area contributed by atoms with Crippen LogP contribution in [0, 0.1) is 0 Å². The fourth-order valence-corrected chi connectivity index (χ4v) is 3.56. The van der Waals surface area contributed by atoms with Crippen LogP contribution in [0.2, 0.25) is 18.1 Å². The fraction of sp³-hybridized carbons (Fsp3) is 0.733. The first-order chi connectivity index (χ1) is 9.99. The molecule has 2 atom stereocenters. The lowest BCUT2D eigenvalue weighted by Crippen LogP contribution is -2.45. The van der Waals surface area contributed by atoms with Crippen LogP contribution in [0.4, 0.5) is 0 Å². The summed E-state index contributed by atoms with van der Waals surface area (Å²) >= 11 is 0. The third-order valence-electron chi connectivity index (χ3n) is 4.49. The van der Waals surface area contributed by atoms with Gasteiger partial charge in [0, 0.05) is 12.8 Å². The van der Waals surface area contributed by atoms with Crippen LogP contribution in [-0.4, -0.2) is 41.6 Å². The zero-order chi connectivity index (χ0) is 17.1. The van der Waals surface area contributed by atoms with Crippen molar-refractivity contribution < 1.29 is 14.3 Å². The summed E-state index contributed by atoms with van der Waals surface area (Å²) in [7, 11) is -1.91. The normalized spacial score (nSPS) is 15.6. The van der Waals surface area contributed by atoms with Crippen LogP contribution in [0.3, 0.4) is 0 Å². The number of aliphatic hydroxyl groups excluding tert-OH is 1. The highest BCUT2D eigenvalue weighted by molar-refractivity contribution is 6.74. The third kappa shape index (κ3) is 4.41. The van der Waals surface area contributed by atoms with Crippen LogP contribution >= 0.6 is 0 Å². The molecule has 0 bridgehead atoms. The molecule has 1 heterocycles. The van der Waals surface area contributed by atoms with E-state index in [2.05, 4.69) is 38.8 Å². The van der Waals surface area contributed by atoms with E-state index < -0.39 is 14.2 Å². The number of primary amides is 1. The van der Waals surface area contributed by atoms with Crippen LogP contribution < -0.4 is 5.73 Å². The van der Waals surface area contributed by atoms with Crippen molar-refractivity contribution >= 4 is 14.2 Å². The molecule has 0 saturated heterocycles. The summed E-state index contributed by atoms with van der Waals surface area (Å²) in [5, 5.41) is 9.46. The summed E-state index contributed by atoms with van der Waals surface area (Å²) in [5.74, 6) is -0.556. The highest BCUT2D eigenvalue weighted by Crippen LogP contribution is 2.38. The standard InChI is InChI=1S/C15H29N3O3Si/c1-11(21-22(5,6)15(2,3)4)13(7-8-19)18-9-12(14(16)20)17-10-18/h9-11,13,19H,7-8H2,1-6H3,(H2,16,20)/t11-,13+/m0/s1. The molecule has 0 aromatic carbocycles. The van der Waals surface area contributed by atoms with Gasteiger partial charge in [0.05, 0.1) is 18.5 Å². The predicted molar refractivity (Wildman–Crippen MR) is 89.2 cm³/mol. The molecule has 6 nitrogen and oxygen atoms in total. The number of aliphatic hydroxyl groups is 1. The van der Waals surface area contributed by atoms with Crippen molar-refractivity contribution in [2.45, 2.75) is 64.4 Å². The smallest absolute Gasteiger partial charge is 0.268 e. The lowest BCUT2D eigenvalue weighted by molar-refractivity contribution is 0.0994. The molecule has 0 aliphatic heterocycles. The molecule has 1 aromatic rings. The summed E-state index contributed by atoms with van der Waals surface area (Å²) in [6.07, 6.45) is 3.63. The van der Waals surface area contributed by atoms with Gasteiger partial charge in [-0.05, 0) is 31.5 Å². The molecule has 0 spiro atoms. The maximum Gasteiger partial charge on any atom is 0.268 e. The molecule has 3 N–H and O–H groups in total. The lowest BCUT2D eigenvalue weighted by Gasteiger charge is -2.40. The lowest BCUT2D eigenvalue weighted by atomic mass is 10.1. The van der Waals surface area contributed by atoms with E-state index in [1.54, 1.807) is 12.5 Å². The first-order valence-corrected chi connectivity index (χ1v) is 10.5. The van der Waals surface area contributed by atoms with Crippen molar-refractivity contribution in [2.75, 3.05) is 6.61 Å². The molecule has 126 valence electrons. The molecule has 0 aliphatic rings. The van der Waals surface area contributed by atoms with E-state index >= 15 is 0 Å². The van der Waals surface area contributed by atoms with Gasteiger partial charge < -0.3 is 19.8 Å². The Morgan fingerprint density at radius 3 is 2.50 bits per heavy atom. The van der Waals surface area contributed by atoms with Crippen molar-refractivity contribution in [3.8, 4) is 0 Å². The first-order valence-electron chi connectivity index (χ1n) is 7.61. The van der Waals surface area contributed by atoms with Gasteiger partial charge in [-0.15, -0.1) is 0 Å². The molecule has 1 aromatic heterocycles. The number of nitrogens with two attached hydrogens (primary N) is 1. The number of hydrogen-bond donors (Lipinski definition) is 2. The van der Waals surface area contributed by atoms with E-state index in [9.17, 15) is 9.90 Å². The quantitative estimate of drug-likeness (QED) is 0.752. The van der Waals surface area contributed by atoms with Gasteiger partial charge in [0.2, 0.25) is 0 Å².